The molecular formula is C21H22F6N4O3. The van der Waals surface area contributed by atoms with Gasteiger partial charge in [-0.05, 0) is 31.0 Å². The van der Waals surface area contributed by atoms with E-state index in [1.807, 2.05) is 0 Å². The van der Waals surface area contributed by atoms with E-state index in [2.05, 4.69) is 5.32 Å². The number of halogens is 6. The molecule has 0 aliphatic carbocycles. The van der Waals surface area contributed by atoms with Crippen LogP contribution in [0.2, 0.25) is 0 Å². The third-order valence-electron chi connectivity index (χ3n) is 5.94. The second kappa shape index (κ2) is 9.69. The van der Waals surface area contributed by atoms with E-state index in [4.69, 9.17) is 10.00 Å². The Morgan fingerprint density at radius 1 is 1.12 bits per heavy atom. The van der Waals surface area contributed by atoms with E-state index in [1.54, 1.807) is 6.92 Å². The molecule has 2 fully saturated rings. The molecular weight excluding hydrogens is 470 g/mol. The molecule has 186 valence electrons. The second-order valence-electron chi connectivity index (χ2n) is 8.01. The summed E-state index contributed by atoms with van der Waals surface area (Å²) in [6.45, 7) is 2.29. The van der Waals surface area contributed by atoms with Crippen molar-refractivity contribution in [3.63, 3.8) is 0 Å². The van der Waals surface area contributed by atoms with Crippen molar-refractivity contribution in [1.29, 1.82) is 5.26 Å². The zero-order valence-electron chi connectivity index (χ0n) is 18.0. The Morgan fingerprint density at radius 3 is 2.26 bits per heavy atom. The third-order valence-corrected chi connectivity index (χ3v) is 5.94. The van der Waals surface area contributed by atoms with Gasteiger partial charge in [0, 0.05) is 32.1 Å². The first kappa shape index (κ1) is 25.6. The fourth-order valence-electron chi connectivity index (χ4n) is 4.28. The van der Waals surface area contributed by atoms with Gasteiger partial charge in [0.2, 0.25) is 5.91 Å². The van der Waals surface area contributed by atoms with Crippen LogP contribution < -0.4 is 5.32 Å². The molecule has 2 saturated heterocycles. The Labute approximate surface area is 191 Å². The summed E-state index contributed by atoms with van der Waals surface area (Å²) >= 11 is 0. The first-order valence-corrected chi connectivity index (χ1v) is 10.5. The number of alkyl halides is 6. The fourth-order valence-corrected chi connectivity index (χ4v) is 4.28. The molecule has 34 heavy (non-hydrogen) atoms. The van der Waals surface area contributed by atoms with Crippen molar-refractivity contribution >= 4 is 12.0 Å². The minimum atomic E-state index is -4.92. The van der Waals surface area contributed by atoms with Crippen molar-refractivity contribution in [3.8, 4) is 6.07 Å². The number of carbonyl (C=O) groups is 2. The molecule has 1 aromatic rings. The van der Waals surface area contributed by atoms with E-state index in [0.29, 0.717) is 6.07 Å². The molecule has 3 unspecified atom stereocenters. The molecule has 2 aliphatic rings. The van der Waals surface area contributed by atoms with Crippen LogP contribution in [0.1, 0.15) is 36.0 Å². The summed E-state index contributed by atoms with van der Waals surface area (Å²) in [4.78, 5) is 27.4. The maximum atomic E-state index is 13.7. The molecule has 3 atom stereocenters. The van der Waals surface area contributed by atoms with Crippen LogP contribution in [0.4, 0.5) is 31.1 Å². The maximum absolute atomic E-state index is 13.7. The Bertz CT molecular complexity index is 967. The third kappa shape index (κ3) is 5.38. The lowest BCUT2D eigenvalue weighted by Gasteiger charge is -2.35. The highest BCUT2D eigenvalue weighted by molar-refractivity contribution is 5.83. The van der Waals surface area contributed by atoms with Crippen molar-refractivity contribution in [2.45, 2.75) is 43.7 Å². The average molecular weight is 492 g/mol. The van der Waals surface area contributed by atoms with Gasteiger partial charge in [0.05, 0.1) is 29.8 Å². The maximum Gasteiger partial charge on any atom is 0.417 e. The van der Waals surface area contributed by atoms with Crippen LogP contribution in [0.15, 0.2) is 18.2 Å². The number of piperazine rings is 1. The van der Waals surface area contributed by atoms with Gasteiger partial charge in [0.15, 0.2) is 0 Å². The van der Waals surface area contributed by atoms with Crippen LogP contribution >= 0.6 is 0 Å². The molecule has 2 aliphatic heterocycles. The average Bonchev–Trinajstić information content (AvgIpc) is 3.24. The number of rotatable bonds is 3. The lowest BCUT2D eigenvalue weighted by Crippen LogP contribution is -2.55. The summed E-state index contributed by atoms with van der Waals surface area (Å²) in [5, 5.41) is 11.2. The summed E-state index contributed by atoms with van der Waals surface area (Å²) in [6.07, 6.45) is -10.7. The highest BCUT2D eigenvalue weighted by atomic mass is 19.4. The lowest BCUT2D eigenvalue weighted by atomic mass is 9.88. The molecule has 7 nitrogen and oxygen atoms in total. The zero-order valence-corrected chi connectivity index (χ0v) is 18.0. The number of nitrogens with zero attached hydrogens (tertiary/aromatic N) is 3. The molecule has 0 aromatic heterocycles. The van der Waals surface area contributed by atoms with Gasteiger partial charge in [-0.1, -0.05) is 6.07 Å². The summed E-state index contributed by atoms with van der Waals surface area (Å²) < 4.78 is 86.1. The smallest absolute Gasteiger partial charge is 0.417 e. The van der Waals surface area contributed by atoms with Gasteiger partial charge in [-0.25, -0.2) is 4.79 Å². The SMILES string of the molecule is CCOC(=O)N1CCN(C(=O)C2CC(c3ccc(C#N)c(C(F)(F)F)c3)C(C(F)(F)F)N2)CC1. The first-order chi connectivity index (χ1) is 15.9. The lowest BCUT2D eigenvalue weighted by molar-refractivity contribution is -0.156. The molecule has 3 rings (SSSR count). The Hall–Kier alpha value is -3.01. The van der Waals surface area contributed by atoms with E-state index in [-0.39, 0.29) is 44.8 Å². The van der Waals surface area contributed by atoms with Gasteiger partial charge in [-0.15, -0.1) is 0 Å². The summed E-state index contributed by atoms with van der Waals surface area (Å²) in [5.74, 6) is -2.08. The summed E-state index contributed by atoms with van der Waals surface area (Å²) in [7, 11) is 0. The summed E-state index contributed by atoms with van der Waals surface area (Å²) in [5.41, 5.74) is -2.28. The van der Waals surface area contributed by atoms with Crippen LogP contribution in [0, 0.1) is 11.3 Å². The predicted octanol–water partition coefficient (Wildman–Crippen LogP) is 3.25. The van der Waals surface area contributed by atoms with Gasteiger partial charge < -0.3 is 14.5 Å². The highest BCUT2D eigenvalue weighted by Crippen LogP contribution is 2.42. The standard InChI is InChI=1S/C21H22F6N4O3/c1-2-34-19(33)31-7-5-30(6-8-31)18(32)16-10-14(17(29-16)21(25,26)27)12-3-4-13(11-28)15(9-12)20(22,23)24/h3-4,9,14,16-17,29H,2,5-8,10H2,1H3. The zero-order chi connectivity index (χ0) is 25.3. The molecule has 0 bridgehead atoms. The largest absolute Gasteiger partial charge is 0.450 e. The molecule has 1 N–H and O–H groups in total. The van der Waals surface area contributed by atoms with Crippen molar-refractivity contribution in [1.82, 2.24) is 15.1 Å². The van der Waals surface area contributed by atoms with Gasteiger partial charge in [0.1, 0.15) is 6.04 Å². The number of carbonyl (C=O) groups excluding carboxylic acids is 2. The second-order valence-corrected chi connectivity index (χ2v) is 8.01. The van der Waals surface area contributed by atoms with Gasteiger partial charge in [-0.3, -0.25) is 10.1 Å². The monoisotopic (exact) mass is 492 g/mol. The van der Waals surface area contributed by atoms with E-state index in [0.717, 1.165) is 12.1 Å². The Balaban J connectivity index is 1.79. The van der Waals surface area contributed by atoms with Gasteiger partial charge in [-0.2, -0.15) is 31.6 Å². The number of hydrogen-bond acceptors (Lipinski definition) is 5. The number of ether oxygens (including phenoxy) is 1. The van der Waals surface area contributed by atoms with Crippen molar-refractivity contribution in [2.75, 3.05) is 32.8 Å². The van der Waals surface area contributed by atoms with Crippen molar-refractivity contribution in [2.24, 2.45) is 0 Å². The van der Waals surface area contributed by atoms with E-state index < -0.39 is 53.5 Å². The van der Waals surface area contributed by atoms with Crippen molar-refractivity contribution in [3.05, 3.63) is 34.9 Å². The van der Waals surface area contributed by atoms with Gasteiger partial charge in [0.25, 0.3) is 0 Å². The number of benzene rings is 1. The Kier molecular flexibility index (Phi) is 7.30. The molecule has 2 amide bonds. The van der Waals surface area contributed by atoms with E-state index >= 15 is 0 Å². The van der Waals surface area contributed by atoms with Gasteiger partial charge >= 0.3 is 18.4 Å². The van der Waals surface area contributed by atoms with Crippen LogP contribution in [0.5, 0.6) is 0 Å². The normalized spacial score (nSPS) is 23.5. The summed E-state index contributed by atoms with van der Waals surface area (Å²) in [6, 6.07) is 0.340. The fraction of sp³-hybridized carbons (Fsp3) is 0.571. The number of hydrogen-bond donors (Lipinski definition) is 1. The molecule has 1 aromatic carbocycles. The predicted molar refractivity (Wildman–Crippen MR) is 105 cm³/mol. The molecule has 13 heteroatoms. The van der Waals surface area contributed by atoms with Crippen molar-refractivity contribution < 1.29 is 40.7 Å². The topological polar surface area (TPSA) is 85.7 Å². The minimum Gasteiger partial charge on any atom is -0.450 e. The highest BCUT2D eigenvalue weighted by Gasteiger charge is 2.53. The number of nitrogens with one attached hydrogen (secondary N) is 1. The quantitative estimate of drug-likeness (QED) is 0.655. The minimum absolute atomic E-state index is 0.0896. The number of amides is 2. The molecule has 0 spiro atoms. The molecule has 0 saturated carbocycles. The van der Waals surface area contributed by atoms with E-state index in [1.165, 1.54) is 15.9 Å². The van der Waals surface area contributed by atoms with Crippen LogP contribution in [-0.2, 0) is 15.7 Å². The van der Waals surface area contributed by atoms with Crippen LogP contribution in [0.25, 0.3) is 0 Å². The first-order valence-electron chi connectivity index (χ1n) is 10.5. The number of nitriles is 1. The molecule has 0 radical (unpaired) electrons. The Morgan fingerprint density at radius 2 is 1.74 bits per heavy atom. The molecule has 2 heterocycles. The van der Waals surface area contributed by atoms with E-state index in [9.17, 15) is 35.9 Å². The van der Waals surface area contributed by atoms with Crippen LogP contribution in [0.3, 0.4) is 0 Å². The van der Waals surface area contributed by atoms with Crippen LogP contribution in [-0.4, -0.2) is 72.8 Å².